The second kappa shape index (κ2) is 3.09. The van der Waals surface area contributed by atoms with Crippen LogP contribution >= 0.6 is 15.9 Å². The van der Waals surface area contributed by atoms with E-state index in [1.54, 1.807) is 0 Å². The van der Waals surface area contributed by atoms with E-state index in [0.717, 1.165) is 21.1 Å². The highest BCUT2D eigenvalue weighted by Gasteiger charge is 2.22. The molecule has 0 aliphatic rings. The lowest BCUT2D eigenvalue weighted by Crippen LogP contribution is -2.09. The fraction of sp³-hybridized carbons (Fsp3) is 0.364. The lowest BCUT2D eigenvalue weighted by Gasteiger charge is -2.13. The Bertz CT molecular complexity index is 468. The third kappa shape index (κ3) is 1.57. The summed E-state index contributed by atoms with van der Waals surface area (Å²) in [6, 6.07) is 6.01. The van der Waals surface area contributed by atoms with Crippen LogP contribution in [0.4, 0.5) is 0 Å². The number of aromatic nitrogens is 1. The molecule has 0 aliphatic heterocycles. The van der Waals surface area contributed by atoms with Crippen molar-refractivity contribution >= 4 is 26.8 Å². The number of halogens is 1. The van der Waals surface area contributed by atoms with Gasteiger partial charge in [-0.3, -0.25) is 0 Å². The van der Waals surface area contributed by atoms with E-state index in [0.29, 0.717) is 0 Å². The Morgan fingerprint density at radius 3 is 2.64 bits per heavy atom. The Hall–Kier alpha value is -0.830. The van der Waals surface area contributed by atoms with Crippen LogP contribution in [0, 0.1) is 0 Å². The van der Waals surface area contributed by atoms with Crippen LogP contribution in [0.3, 0.4) is 0 Å². The summed E-state index contributed by atoms with van der Waals surface area (Å²) in [5, 5.41) is 5.14. The Balaban J connectivity index is 2.70. The SMILES string of the molecule is CC(C)(C)c1onc2cc(Br)ccc12. The molecule has 0 unspecified atom stereocenters. The lowest BCUT2D eigenvalue weighted by atomic mass is 9.91. The second-order valence-corrected chi connectivity index (χ2v) is 5.34. The fourth-order valence-corrected chi connectivity index (χ4v) is 1.81. The monoisotopic (exact) mass is 253 g/mol. The molecule has 14 heavy (non-hydrogen) atoms. The molecule has 3 heteroatoms. The average molecular weight is 254 g/mol. The molecule has 1 aromatic heterocycles. The summed E-state index contributed by atoms with van der Waals surface area (Å²) in [7, 11) is 0. The first-order valence-electron chi connectivity index (χ1n) is 4.54. The van der Waals surface area contributed by atoms with Gasteiger partial charge in [-0.1, -0.05) is 41.9 Å². The summed E-state index contributed by atoms with van der Waals surface area (Å²) in [6.45, 7) is 6.36. The Morgan fingerprint density at radius 2 is 2.00 bits per heavy atom. The van der Waals surface area contributed by atoms with Gasteiger partial charge in [-0.05, 0) is 18.2 Å². The van der Waals surface area contributed by atoms with Gasteiger partial charge in [-0.25, -0.2) is 0 Å². The summed E-state index contributed by atoms with van der Waals surface area (Å²) in [4.78, 5) is 0. The van der Waals surface area contributed by atoms with E-state index in [1.807, 2.05) is 18.2 Å². The van der Waals surface area contributed by atoms with Gasteiger partial charge < -0.3 is 4.52 Å². The maximum atomic E-state index is 5.36. The van der Waals surface area contributed by atoms with Crippen molar-refractivity contribution in [3.05, 3.63) is 28.4 Å². The van der Waals surface area contributed by atoms with Crippen molar-refractivity contribution < 1.29 is 4.52 Å². The summed E-state index contributed by atoms with van der Waals surface area (Å²) in [5.41, 5.74) is 0.909. The molecule has 0 atom stereocenters. The van der Waals surface area contributed by atoms with E-state index >= 15 is 0 Å². The van der Waals surface area contributed by atoms with Crippen molar-refractivity contribution in [2.24, 2.45) is 0 Å². The van der Waals surface area contributed by atoms with Crippen molar-refractivity contribution in [1.82, 2.24) is 5.16 Å². The molecular weight excluding hydrogens is 242 g/mol. The predicted molar refractivity (Wildman–Crippen MR) is 60.4 cm³/mol. The molecule has 0 spiro atoms. The summed E-state index contributed by atoms with van der Waals surface area (Å²) >= 11 is 3.41. The van der Waals surface area contributed by atoms with Crippen LogP contribution in [0.1, 0.15) is 26.5 Å². The standard InChI is InChI=1S/C11H12BrNO/c1-11(2,3)10-8-5-4-7(12)6-9(8)13-14-10/h4-6H,1-3H3. The molecule has 2 aromatic rings. The highest BCUT2D eigenvalue weighted by atomic mass is 79.9. The minimum atomic E-state index is 0.00256. The third-order valence-corrected chi connectivity index (χ3v) is 2.61. The number of hydrogen-bond donors (Lipinski definition) is 0. The van der Waals surface area contributed by atoms with Gasteiger partial charge in [0.15, 0.2) is 0 Å². The molecule has 0 amide bonds. The number of benzene rings is 1. The first kappa shape index (κ1) is 9.71. The average Bonchev–Trinajstić information content (AvgIpc) is 2.45. The maximum absolute atomic E-state index is 5.36. The predicted octanol–water partition coefficient (Wildman–Crippen LogP) is 3.89. The van der Waals surface area contributed by atoms with Crippen molar-refractivity contribution in [2.45, 2.75) is 26.2 Å². The molecule has 1 heterocycles. The van der Waals surface area contributed by atoms with Gasteiger partial charge in [-0.2, -0.15) is 0 Å². The molecule has 0 bridgehead atoms. The van der Waals surface area contributed by atoms with Crippen LogP contribution in [-0.4, -0.2) is 5.16 Å². The van der Waals surface area contributed by atoms with E-state index in [2.05, 4.69) is 41.9 Å². The lowest BCUT2D eigenvalue weighted by molar-refractivity contribution is 0.336. The summed E-state index contributed by atoms with van der Waals surface area (Å²) < 4.78 is 6.39. The zero-order valence-electron chi connectivity index (χ0n) is 8.47. The van der Waals surface area contributed by atoms with Gasteiger partial charge in [0.2, 0.25) is 0 Å². The normalized spacial score (nSPS) is 12.3. The maximum Gasteiger partial charge on any atom is 0.149 e. The minimum absolute atomic E-state index is 0.00256. The van der Waals surface area contributed by atoms with Crippen molar-refractivity contribution in [3.63, 3.8) is 0 Å². The molecule has 0 radical (unpaired) electrons. The van der Waals surface area contributed by atoms with Crippen LogP contribution in [0.15, 0.2) is 27.2 Å². The van der Waals surface area contributed by atoms with Gasteiger partial charge in [-0.15, -0.1) is 0 Å². The number of rotatable bonds is 0. The van der Waals surface area contributed by atoms with Crippen molar-refractivity contribution in [1.29, 1.82) is 0 Å². The molecular formula is C11H12BrNO. The second-order valence-electron chi connectivity index (χ2n) is 4.42. The highest BCUT2D eigenvalue weighted by molar-refractivity contribution is 9.10. The van der Waals surface area contributed by atoms with Crippen LogP contribution < -0.4 is 0 Å². The number of fused-ring (bicyclic) bond motifs is 1. The van der Waals surface area contributed by atoms with E-state index in [9.17, 15) is 0 Å². The molecule has 74 valence electrons. The summed E-state index contributed by atoms with van der Waals surface area (Å²) in [5.74, 6) is 0.944. The number of nitrogens with zero attached hydrogens (tertiary/aromatic N) is 1. The highest BCUT2D eigenvalue weighted by Crippen LogP contribution is 2.30. The molecule has 1 aromatic carbocycles. The molecule has 0 fully saturated rings. The van der Waals surface area contributed by atoms with Gasteiger partial charge >= 0.3 is 0 Å². The van der Waals surface area contributed by atoms with Crippen LogP contribution in [-0.2, 0) is 5.41 Å². The minimum Gasteiger partial charge on any atom is -0.360 e. The zero-order chi connectivity index (χ0) is 10.3. The molecule has 2 nitrogen and oxygen atoms in total. The summed E-state index contributed by atoms with van der Waals surface area (Å²) in [6.07, 6.45) is 0. The molecule has 0 aliphatic carbocycles. The first-order chi connectivity index (χ1) is 6.48. The van der Waals surface area contributed by atoms with Crippen molar-refractivity contribution in [2.75, 3.05) is 0 Å². The Labute approximate surface area is 91.4 Å². The smallest absolute Gasteiger partial charge is 0.149 e. The van der Waals surface area contributed by atoms with E-state index in [4.69, 9.17) is 4.52 Å². The third-order valence-electron chi connectivity index (χ3n) is 2.12. The molecule has 2 rings (SSSR count). The fourth-order valence-electron chi connectivity index (χ4n) is 1.46. The van der Waals surface area contributed by atoms with Gasteiger partial charge in [0.1, 0.15) is 11.3 Å². The quantitative estimate of drug-likeness (QED) is 0.712. The molecule has 0 saturated heterocycles. The van der Waals surface area contributed by atoms with Crippen LogP contribution in [0.5, 0.6) is 0 Å². The van der Waals surface area contributed by atoms with Gasteiger partial charge in [0.05, 0.1) is 0 Å². The van der Waals surface area contributed by atoms with Gasteiger partial charge in [0.25, 0.3) is 0 Å². The Kier molecular flexibility index (Phi) is 2.14. The van der Waals surface area contributed by atoms with Crippen LogP contribution in [0.25, 0.3) is 10.9 Å². The van der Waals surface area contributed by atoms with E-state index in [-0.39, 0.29) is 5.41 Å². The topological polar surface area (TPSA) is 26.0 Å². The first-order valence-corrected chi connectivity index (χ1v) is 5.33. The Morgan fingerprint density at radius 1 is 1.29 bits per heavy atom. The van der Waals surface area contributed by atoms with Crippen molar-refractivity contribution in [3.8, 4) is 0 Å². The molecule has 0 N–H and O–H groups in total. The van der Waals surface area contributed by atoms with Crippen LogP contribution in [0.2, 0.25) is 0 Å². The van der Waals surface area contributed by atoms with Gasteiger partial charge in [0, 0.05) is 15.3 Å². The number of hydrogen-bond acceptors (Lipinski definition) is 2. The largest absolute Gasteiger partial charge is 0.360 e. The zero-order valence-corrected chi connectivity index (χ0v) is 10.1. The molecule has 0 saturated carbocycles. The van der Waals surface area contributed by atoms with E-state index < -0.39 is 0 Å². The van der Waals surface area contributed by atoms with E-state index in [1.165, 1.54) is 0 Å².